The maximum atomic E-state index is 14.7. The van der Waals surface area contributed by atoms with Crippen LogP contribution in [0.15, 0.2) is 48.8 Å². The Bertz CT molecular complexity index is 2530. The Labute approximate surface area is 369 Å². The molecule has 2 aromatic carbocycles. The number of halogens is 2. The predicted octanol–water partition coefficient (Wildman–Crippen LogP) is 5.16. The fourth-order valence-electron chi connectivity index (χ4n) is 9.43. The number of carbonyl (C=O) groups excluding carboxylic acids is 5. The van der Waals surface area contributed by atoms with Gasteiger partial charge in [-0.1, -0.05) is 0 Å². The van der Waals surface area contributed by atoms with Gasteiger partial charge in [-0.25, -0.2) is 8.78 Å². The van der Waals surface area contributed by atoms with Crippen molar-refractivity contribution in [2.75, 3.05) is 50.0 Å². The van der Waals surface area contributed by atoms with Crippen molar-refractivity contribution in [3.8, 4) is 0 Å². The third-order valence-corrected chi connectivity index (χ3v) is 12.7. The number of likely N-dealkylation sites (tertiary alicyclic amines) is 1. The number of benzene rings is 2. The van der Waals surface area contributed by atoms with Crippen molar-refractivity contribution in [1.29, 1.82) is 5.41 Å². The molecule has 18 heteroatoms. The SMILES string of the molecule is CN/C=C(\C=N)c1cc2c(cc1C(F)F)N(c1nn(C3CCN(C(=O)CCCNc4ccc(C(=O)NC5CCC(=O)NC5=O)c5ncccc45)CC3)c3c1CN(C(C)=O)CC3)CCC2. The van der Waals surface area contributed by atoms with Crippen molar-refractivity contribution < 1.29 is 32.8 Å². The molecule has 0 bridgehead atoms. The lowest BCUT2D eigenvalue weighted by molar-refractivity contribution is -0.135. The van der Waals surface area contributed by atoms with Crippen molar-refractivity contribution in [2.24, 2.45) is 0 Å². The summed E-state index contributed by atoms with van der Waals surface area (Å²) < 4.78 is 31.4. The Kier molecular flexibility index (Phi) is 13.0. The highest BCUT2D eigenvalue weighted by molar-refractivity contribution is 6.11. The average molecular weight is 878 g/mol. The maximum absolute atomic E-state index is 14.7. The second-order valence-electron chi connectivity index (χ2n) is 16.7. The molecule has 0 aliphatic carbocycles. The molecule has 1 atom stereocenters. The molecular formula is C46H53F2N11O5. The Hall–Kier alpha value is -6.72. The van der Waals surface area contributed by atoms with Crippen LogP contribution in [0, 0.1) is 5.41 Å². The lowest BCUT2D eigenvalue weighted by atomic mass is 9.92. The lowest BCUT2D eigenvalue weighted by Gasteiger charge is -2.34. The molecule has 8 rings (SSSR count). The molecule has 16 nitrogen and oxygen atoms in total. The van der Waals surface area contributed by atoms with Crippen LogP contribution in [0.4, 0.5) is 26.0 Å². The standard InChI is InChI=1S/C46H53F2N11O5/c1-27(60)57-21-15-38-35(26-57)44(58-18-5-6-28-22-33(29(24-49)25-50-2)34(43(47)48)23-39(28)58)55-59(38)30-13-19-56(20-14-30)41(62)8-4-16-51-36-10-9-32(42-31(36)7-3-17-52-42)45(63)53-37-11-12-40(61)54-46(37)64/h3,7,9-10,17,22-25,30,37,43,49-51H,4-6,8,11-16,18-21,26H2,1-2H3,(H,53,63)(H,54,61,64)/b29-25+,49-24?. The van der Waals surface area contributed by atoms with Crippen LogP contribution in [0.25, 0.3) is 16.5 Å². The molecule has 4 aromatic rings. The number of amides is 5. The van der Waals surface area contributed by atoms with Crippen LogP contribution in [0.3, 0.4) is 0 Å². The fraction of sp³-hybridized carbons (Fsp3) is 0.435. The molecule has 2 aromatic heterocycles. The first-order valence-electron chi connectivity index (χ1n) is 22.0. The minimum absolute atomic E-state index is 0.0122. The molecule has 2 saturated heterocycles. The first-order chi connectivity index (χ1) is 30.9. The molecular weight excluding hydrogens is 825 g/mol. The van der Waals surface area contributed by atoms with Crippen LogP contribution in [-0.4, -0.2) is 106 Å². The topological polar surface area (TPSA) is 198 Å². The van der Waals surface area contributed by atoms with Crippen LogP contribution in [-0.2, 0) is 38.6 Å². The summed E-state index contributed by atoms with van der Waals surface area (Å²) in [4.78, 5) is 73.3. The van der Waals surface area contributed by atoms with E-state index in [2.05, 4.69) is 30.9 Å². The number of aromatic nitrogens is 3. The van der Waals surface area contributed by atoms with Crippen LogP contribution in [0.5, 0.6) is 0 Å². The lowest BCUT2D eigenvalue weighted by Crippen LogP contribution is -2.52. The summed E-state index contributed by atoms with van der Waals surface area (Å²) in [6.45, 7) is 4.67. The highest BCUT2D eigenvalue weighted by Crippen LogP contribution is 2.43. The van der Waals surface area contributed by atoms with Gasteiger partial charge in [-0.2, -0.15) is 5.10 Å². The van der Waals surface area contributed by atoms with Crippen LogP contribution in [0.1, 0.15) is 103 Å². The van der Waals surface area contributed by atoms with Crippen molar-refractivity contribution in [2.45, 2.75) is 89.8 Å². The van der Waals surface area contributed by atoms with Crippen molar-refractivity contribution >= 4 is 69.4 Å². The monoisotopic (exact) mass is 877 g/mol. The van der Waals surface area contributed by atoms with Gasteiger partial charge in [-0.3, -0.25) is 39.0 Å². The van der Waals surface area contributed by atoms with E-state index in [1.54, 1.807) is 61.6 Å². The number of rotatable bonds is 13. The van der Waals surface area contributed by atoms with Gasteiger partial charge in [0.15, 0.2) is 5.82 Å². The van der Waals surface area contributed by atoms with E-state index in [4.69, 9.17) is 10.5 Å². The summed E-state index contributed by atoms with van der Waals surface area (Å²) in [5, 5.41) is 25.1. The van der Waals surface area contributed by atoms with E-state index < -0.39 is 24.3 Å². The van der Waals surface area contributed by atoms with E-state index in [0.717, 1.165) is 40.5 Å². The maximum Gasteiger partial charge on any atom is 0.264 e. The number of pyridine rings is 1. The van der Waals surface area contributed by atoms with Gasteiger partial charge in [-0.15, -0.1) is 0 Å². The molecule has 4 aliphatic rings. The number of anilines is 3. The Balaban J connectivity index is 0.922. The first-order valence-corrected chi connectivity index (χ1v) is 22.0. The highest BCUT2D eigenvalue weighted by atomic mass is 19.3. The highest BCUT2D eigenvalue weighted by Gasteiger charge is 2.35. The number of aryl methyl sites for hydroxylation is 1. The normalized spacial score (nSPS) is 18.1. The van der Waals surface area contributed by atoms with Gasteiger partial charge in [0.2, 0.25) is 23.6 Å². The quantitative estimate of drug-likeness (QED) is 0.0680. The van der Waals surface area contributed by atoms with E-state index in [1.807, 2.05) is 15.9 Å². The number of allylic oxidation sites excluding steroid dienone is 1. The Morgan fingerprint density at radius 1 is 1.00 bits per heavy atom. The molecule has 64 heavy (non-hydrogen) atoms. The van der Waals surface area contributed by atoms with Gasteiger partial charge in [0.25, 0.3) is 12.3 Å². The largest absolute Gasteiger partial charge is 0.393 e. The predicted molar refractivity (Wildman–Crippen MR) is 238 cm³/mol. The summed E-state index contributed by atoms with van der Waals surface area (Å²) in [5.74, 6) is -0.662. The number of alkyl halides is 2. The number of hydrogen-bond acceptors (Lipinski definition) is 11. The molecule has 1 unspecified atom stereocenters. The van der Waals surface area contributed by atoms with Gasteiger partial charge in [-0.05, 0) is 86.1 Å². The molecule has 5 amide bonds. The van der Waals surface area contributed by atoms with Crippen LogP contribution < -0.4 is 26.2 Å². The molecule has 4 aliphatic heterocycles. The smallest absolute Gasteiger partial charge is 0.264 e. The van der Waals surface area contributed by atoms with E-state index in [0.29, 0.717) is 112 Å². The average Bonchev–Trinajstić information content (AvgIpc) is 3.68. The molecule has 336 valence electrons. The number of hydrogen-bond donors (Lipinski definition) is 5. The van der Waals surface area contributed by atoms with Gasteiger partial charge in [0, 0.05) is 124 Å². The van der Waals surface area contributed by atoms with E-state index in [9.17, 15) is 32.8 Å². The minimum atomic E-state index is -2.76. The summed E-state index contributed by atoms with van der Waals surface area (Å²) in [6.07, 6.45) is 6.20. The fourth-order valence-corrected chi connectivity index (χ4v) is 9.43. The first kappa shape index (κ1) is 43.9. The zero-order valence-corrected chi connectivity index (χ0v) is 36.0. The van der Waals surface area contributed by atoms with Gasteiger partial charge in [0.1, 0.15) is 6.04 Å². The summed E-state index contributed by atoms with van der Waals surface area (Å²) in [7, 11) is 1.67. The van der Waals surface area contributed by atoms with Gasteiger partial charge >= 0.3 is 0 Å². The molecule has 2 fully saturated rings. The molecule has 0 saturated carbocycles. The molecule has 5 N–H and O–H groups in total. The number of nitrogens with one attached hydrogen (secondary N) is 5. The van der Waals surface area contributed by atoms with Gasteiger partial charge in [0.05, 0.1) is 23.7 Å². The van der Waals surface area contributed by atoms with Crippen LogP contribution >= 0.6 is 0 Å². The van der Waals surface area contributed by atoms with E-state index in [-0.39, 0.29) is 42.2 Å². The molecule has 6 heterocycles. The minimum Gasteiger partial charge on any atom is -0.393 e. The van der Waals surface area contributed by atoms with Crippen molar-refractivity contribution in [1.82, 2.24) is 40.5 Å². The number of imide groups is 1. The van der Waals surface area contributed by atoms with E-state index >= 15 is 0 Å². The van der Waals surface area contributed by atoms with Crippen molar-refractivity contribution in [3.05, 3.63) is 82.3 Å². The number of fused-ring (bicyclic) bond motifs is 3. The summed E-state index contributed by atoms with van der Waals surface area (Å²) >= 11 is 0. The Morgan fingerprint density at radius 3 is 2.55 bits per heavy atom. The number of piperidine rings is 2. The van der Waals surface area contributed by atoms with Gasteiger partial charge < -0.3 is 36.1 Å². The number of nitrogens with zero attached hydrogens (tertiary/aromatic N) is 6. The zero-order chi connectivity index (χ0) is 45.1. The summed E-state index contributed by atoms with van der Waals surface area (Å²) in [6, 6.07) is 9.58. The summed E-state index contributed by atoms with van der Waals surface area (Å²) in [5.41, 5.74) is 5.58. The third-order valence-electron chi connectivity index (χ3n) is 12.7. The second-order valence-corrected chi connectivity index (χ2v) is 16.7. The van der Waals surface area contributed by atoms with E-state index in [1.165, 1.54) is 0 Å². The zero-order valence-electron chi connectivity index (χ0n) is 36.0. The Morgan fingerprint density at radius 2 is 1.81 bits per heavy atom. The third kappa shape index (κ3) is 8.90. The molecule has 0 radical (unpaired) electrons. The van der Waals surface area contributed by atoms with Crippen molar-refractivity contribution in [3.63, 3.8) is 0 Å². The second kappa shape index (κ2) is 18.9. The van der Waals surface area contributed by atoms with Crippen LogP contribution in [0.2, 0.25) is 0 Å². The molecule has 0 spiro atoms. The number of carbonyl (C=O) groups is 5.